The minimum absolute atomic E-state index is 0.133. The first-order chi connectivity index (χ1) is 32.4. The molecule has 4 aliphatic rings. The van der Waals surface area contributed by atoms with Crippen LogP contribution in [0.15, 0.2) is 79.1 Å². The summed E-state index contributed by atoms with van der Waals surface area (Å²) in [6.45, 7) is 5.83. The van der Waals surface area contributed by atoms with E-state index in [1.165, 1.54) is 17.4 Å². The zero-order chi connectivity index (χ0) is 47.6. The van der Waals surface area contributed by atoms with Crippen molar-refractivity contribution in [2.24, 2.45) is 0 Å². The van der Waals surface area contributed by atoms with Crippen LogP contribution >= 0.6 is 0 Å². The molecule has 0 radical (unpaired) electrons. The number of hydrogen-bond acceptors (Lipinski definition) is 9. The number of hydrogen-bond donors (Lipinski definition) is 6. The van der Waals surface area contributed by atoms with Crippen LogP contribution in [0.1, 0.15) is 124 Å². The Balaban J connectivity index is 1.06. The number of carbonyl (C=O) groups excluding carboxylic acids is 6. The molecule has 67 heavy (non-hydrogen) atoms. The molecule has 358 valence electrons. The van der Waals surface area contributed by atoms with Crippen LogP contribution in [0.5, 0.6) is 0 Å². The van der Waals surface area contributed by atoms with Gasteiger partial charge in [-0.15, -0.1) is 0 Å². The number of benzene rings is 3. The van der Waals surface area contributed by atoms with Crippen molar-refractivity contribution in [3.63, 3.8) is 0 Å². The van der Waals surface area contributed by atoms with Crippen LogP contribution in [0.4, 0.5) is 0 Å². The second-order valence-corrected chi connectivity index (χ2v) is 18.4. The first kappa shape index (κ1) is 48.9. The Morgan fingerprint density at radius 3 is 1.70 bits per heavy atom. The average molecular weight is 917 g/mol. The van der Waals surface area contributed by atoms with E-state index in [2.05, 4.69) is 56.2 Å². The highest BCUT2D eigenvalue weighted by Crippen LogP contribution is 2.33. The lowest BCUT2D eigenvalue weighted by Crippen LogP contribution is -2.59. The molecule has 2 aliphatic heterocycles. The Bertz CT molecular complexity index is 2300. The smallest absolute Gasteiger partial charge is 0.250 e. The van der Waals surface area contributed by atoms with Crippen molar-refractivity contribution in [2.45, 2.75) is 139 Å². The second kappa shape index (κ2) is 22.6. The van der Waals surface area contributed by atoms with Crippen molar-refractivity contribution in [1.82, 2.24) is 41.7 Å². The van der Waals surface area contributed by atoms with Crippen molar-refractivity contribution in [3.05, 3.63) is 112 Å². The molecule has 0 saturated carbocycles. The highest BCUT2D eigenvalue weighted by atomic mass is 16.5. The van der Waals surface area contributed by atoms with Gasteiger partial charge < -0.3 is 46.4 Å². The second-order valence-electron chi connectivity index (χ2n) is 18.4. The van der Waals surface area contributed by atoms with Gasteiger partial charge in [-0.3, -0.25) is 28.8 Å². The Morgan fingerprint density at radius 1 is 0.627 bits per heavy atom. The minimum atomic E-state index is -1.12. The van der Waals surface area contributed by atoms with Crippen LogP contribution in [0.3, 0.4) is 0 Å². The molecule has 2 heterocycles. The van der Waals surface area contributed by atoms with Gasteiger partial charge in [0.1, 0.15) is 30.3 Å². The van der Waals surface area contributed by atoms with Gasteiger partial charge in [0.15, 0.2) is 0 Å². The third-order valence-corrected chi connectivity index (χ3v) is 14.1. The Kier molecular flexibility index (Phi) is 16.5. The summed E-state index contributed by atoms with van der Waals surface area (Å²) in [5, 5.41) is 18.2. The van der Waals surface area contributed by atoms with E-state index >= 15 is 0 Å². The van der Waals surface area contributed by atoms with Crippen molar-refractivity contribution in [1.29, 1.82) is 0 Å². The molecule has 0 spiro atoms. The number of likely N-dealkylation sites (tertiary alicyclic amines) is 2. The lowest BCUT2D eigenvalue weighted by Gasteiger charge is -2.33. The molecule has 3 aromatic carbocycles. The normalized spacial score (nSPS) is 22.3. The van der Waals surface area contributed by atoms with Gasteiger partial charge in [0, 0.05) is 13.1 Å². The molecule has 0 aromatic heterocycles. The van der Waals surface area contributed by atoms with Crippen LogP contribution in [-0.2, 0) is 46.3 Å². The molecule has 0 bridgehead atoms. The molecule has 2 aliphatic carbocycles. The van der Waals surface area contributed by atoms with Gasteiger partial charge in [-0.25, -0.2) is 0 Å². The van der Waals surface area contributed by atoms with E-state index in [1.54, 1.807) is 68.9 Å². The Hall–Kier alpha value is -6.06. The lowest BCUT2D eigenvalue weighted by atomic mass is 9.87. The summed E-state index contributed by atoms with van der Waals surface area (Å²) < 4.78 is 6.16. The largest absolute Gasteiger partial charge is 0.496 e. The maximum Gasteiger partial charge on any atom is 0.250 e. The van der Waals surface area contributed by atoms with Gasteiger partial charge >= 0.3 is 0 Å². The molecular weight excluding hydrogens is 849 g/mol. The maximum atomic E-state index is 14.6. The fourth-order valence-electron chi connectivity index (χ4n) is 9.93. The number of fused-ring (bicyclic) bond motifs is 2. The number of amides is 6. The van der Waals surface area contributed by atoms with Crippen LogP contribution in [-0.4, -0.2) is 109 Å². The summed E-state index contributed by atoms with van der Waals surface area (Å²) in [5.74, 6) is -1.97. The van der Waals surface area contributed by atoms with Gasteiger partial charge in [0.2, 0.25) is 35.4 Å². The number of rotatable bonds is 17. The molecule has 6 amide bonds. The molecule has 15 nitrogen and oxygen atoms in total. The van der Waals surface area contributed by atoms with E-state index in [1.807, 2.05) is 30.3 Å². The summed E-state index contributed by atoms with van der Waals surface area (Å²) >= 11 is 0. The highest BCUT2D eigenvalue weighted by Gasteiger charge is 2.42. The topological polar surface area (TPSA) is 190 Å². The zero-order valence-electron chi connectivity index (χ0n) is 39.5. The summed E-state index contributed by atoms with van der Waals surface area (Å²) in [7, 11) is 3.32. The van der Waals surface area contributed by atoms with Gasteiger partial charge in [-0.2, -0.15) is 0 Å². The summed E-state index contributed by atoms with van der Waals surface area (Å²) in [4.78, 5) is 86.7. The van der Waals surface area contributed by atoms with E-state index in [-0.39, 0.29) is 35.7 Å². The predicted octanol–water partition coefficient (Wildman–Crippen LogP) is 4.29. The summed E-state index contributed by atoms with van der Waals surface area (Å²) in [5.41, 5.74) is 5.83. The van der Waals surface area contributed by atoms with Crippen molar-refractivity contribution >= 4 is 41.5 Å². The number of ether oxygens (including phenoxy) is 1. The molecule has 0 unspecified atom stereocenters. The molecular formula is C52H68N8O7. The van der Waals surface area contributed by atoms with Crippen LogP contribution in [0, 0.1) is 0 Å². The van der Waals surface area contributed by atoms with Crippen molar-refractivity contribution in [3.8, 4) is 0 Å². The van der Waals surface area contributed by atoms with E-state index < -0.39 is 54.2 Å². The molecule has 2 fully saturated rings. The fraction of sp³-hybridized carbons (Fsp3) is 0.500. The number of carbonyl (C=O) groups is 6. The van der Waals surface area contributed by atoms with E-state index in [0.717, 1.165) is 49.7 Å². The molecule has 15 heteroatoms. The predicted molar refractivity (Wildman–Crippen MR) is 256 cm³/mol. The minimum Gasteiger partial charge on any atom is -0.496 e. The van der Waals surface area contributed by atoms with Crippen molar-refractivity contribution < 1.29 is 33.5 Å². The molecule has 9 atom stereocenters. The van der Waals surface area contributed by atoms with Gasteiger partial charge in [-0.1, -0.05) is 66.7 Å². The molecule has 6 N–H and O–H groups in total. The Morgan fingerprint density at radius 2 is 1.15 bits per heavy atom. The zero-order valence-corrected chi connectivity index (χ0v) is 39.5. The third-order valence-electron chi connectivity index (χ3n) is 14.1. The SMILES string of the molecule is CN[C@@H](C)C(=O)N[C@H](C(=O)N1CCC[C@H]1C(=O)N[C@@H]1CCCc2ccccc21)c1cccc(/C=C/O[C@H](C)[C@H](NC(=O)[C@H](C)NC)C(=O)N2CCC[C@H]2C(=O)N[C@@H]2CCCc3ccccc32)c1. The summed E-state index contributed by atoms with van der Waals surface area (Å²) in [6, 6.07) is 18.4. The first-order valence-electron chi connectivity index (χ1n) is 24.1. The number of nitrogens with zero attached hydrogens (tertiary/aromatic N) is 2. The monoisotopic (exact) mass is 917 g/mol. The Labute approximate surface area is 394 Å². The maximum absolute atomic E-state index is 14.6. The number of nitrogens with one attached hydrogen (secondary N) is 6. The van der Waals surface area contributed by atoms with E-state index in [0.29, 0.717) is 49.9 Å². The highest BCUT2D eigenvalue weighted by molar-refractivity contribution is 5.95. The van der Waals surface area contributed by atoms with Crippen molar-refractivity contribution in [2.75, 3.05) is 27.2 Å². The van der Waals surface area contributed by atoms with E-state index in [9.17, 15) is 28.8 Å². The lowest BCUT2D eigenvalue weighted by molar-refractivity contribution is -0.144. The van der Waals surface area contributed by atoms with Gasteiger partial charge in [0.05, 0.1) is 30.4 Å². The average Bonchev–Trinajstić information content (AvgIpc) is 4.06. The fourth-order valence-corrected chi connectivity index (χ4v) is 9.93. The quantitative estimate of drug-likeness (QED) is 0.107. The van der Waals surface area contributed by atoms with Crippen LogP contribution in [0.25, 0.3) is 6.08 Å². The van der Waals surface area contributed by atoms with Crippen LogP contribution in [0.2, 0.25) is 0 Å². The number of likely N-dealkylation sites (N-methyl/N-ethyl adjacent to an activating group) is 2. The van der Waals surface area contributed by atoms with E-state index in [4.69, 9.17) is 4.74 Å². The van der Waals surface area contributed by atoms with Gasteiger partial charge in [0.25, 0.3) is 0 Å². The standard InChI is InChI=1S/C52H68N8O7/c1-32(53-4)47(61)57-45(51(65)59-28-13-25-43(59)49(63)55-41-23-11-18-36-16-6-8-21-39(36)41)34(3)67-30-27-35-15-10-20-38(31-35)46(58-48(62)33(2)54-5)52(66)60-29-14-26-44(60)50(64)56-42-24-12-19-37-17-7-9-22-40(37)42/h6-10,15-17,20-22,27,30-34,41-46,53-54H,11-14,18-19,23-26,28-29H2,1-5H3,(H,55,63)(H,56,64)(H,57,61)(H,58,62)/b30-27+/t32-,33-,34+,41+,42+,43-,44-,45-,46-/m0/s1. The molecule has 7 rings (SSSR count). The van der Waals surface area contributed by atoms with Crippen LogP contribution < -0.4 is 31.9 Å². The summed E-state index contributed by atoms with van der Waals surface area (Å²) in [6.07, 6.45) is 10.1. The first-order valence-corrected chi connectivity index (χ1v) is 24.1. The number of aryl methyl sites for hydroxylation is 2. The molecule has 2 saturated heterocycles. The third kappa shape index (κ3) is 11.6. The molecule has 3 aromatic rings. The van der Waals surface area contributed by atoms with Gasteiger partial charge in [-0.05, 0) is 145 Å².